The van der Waals surface area contributed by atoms with Gasteiger partial charge in [0.05, 0.1) is 23.4 Å². The van der Waals surface area contributed by atoms with Crippen molar-refractivity contribution in [3.63, 3.8) is 0 Å². The zero-order chi connectivity index (χ0) is 12.3. The first-order valence-electron chi connectivity index (χ1n) is 6.48. The molecule has 0 amide bonds. The van der Waals surface area contributed by atoms with E-state index in [4.69, 9.17) is 4.74 Å². The topological polar surface area (TPSA) is 25.4 Å². The van der Waals surface area contributed by atoms with Crippen LogP contribution in [0.3, 0.4) is 0 Å². The van der Waals surface area contributed by atoms with Crippen LogP contribution in [0.4, 0.5) is 0 Å². The molecule has 0 radical (unpaired) electrons. The van der Waals surface area contributed by atoms with E-state index in [1.807, 2.05) is 0 Å². The van der Waals surface area contributed by atoms with E-state index in [1.165, 1.54) is 17.1 Å². The summed E-state index contributed by atoms with van der Waals surface area (Å²) in [6.45, 7) is 9.39. The van der Waals surface area contributed by atoms with E-state index in [-0.39, 0.29) is 0 Å². The molecule has 96 valence electrons. The highest BCUT2D eigenvalue weighted by Gasteiger charge is 2.23. The van der Waals surface area contributed by atoms with Crippen molar-refractivity contribution in [2.24, 2.45) is 0 Å². The maximum Gasteiger partial charge on any atom is 0.0928 e. The molecule has 0 N–H and O–H groups in total. The van der Waals surface area contributed by atoms with E-state index < -0.39 is 0 Å². The van der Waals surface area contributed by atoms with Crippen molar-refractivity contribution in [3.8, 4) is 0 Å². The predicted molar refractivity (Wildman–Crippen MR) is 71.4 cm³/mol. The van der Waals surface area contributed by atoms with Gasteiger partial charge in [0.2, 0.25) is 0 Å². The van der Waals surface area contributed by atoms with Crippen LogP contribution in [0.15, 0.2) is 5.38 Å². The Morgan fingerprint density at radius 1 is 1.53 bits per heavy atom. The van der Waals surface area contributed by atoms with Crippen molar-refractivity contribution in [3.05, 3.63) is 16.1 Å². The number of hydrogen-bond acceptors (Lipinski definition) is 4. The first-order valence-corrected chi connectivity index (χ1v) is 7.36. The highest BCUT2D eigenvalue weighted by atomic mass is 32.1. The zero-order valence-corrected chi connectivity index (χ0v) is 11.8. The molecular formula is C13H22N2OS. The summed E-state index contributed by atoms with van der Waals surface area (Å²) in [5.74, 6) is 0. The van der Waals surface area contributed by atoms with Crippen molar-refractivity contribution in [1.82, 2.24) is 9.88 Å². The van der Waals surface area contributed by atoms with Crippen LogP contribution in [0.25, 0.3) is 0 Å². The molecule has 0 spiro atoms. The van der Waals surface area contributed by atoms with Gasteiger partial charge in [-0.25, -0.2) is 4.98 Å². The normalized spacial score (nSPS) is 26.3. The van der Waals surface area contributed by atoms with Crippen LogP contribution in [0.1, 0.15) is 37.9 Å². The SMILES string of the molecule is CCCc1nc(CN2C[C@@H](C)OC[C@@H]2C)cs1. The molecule has 0 aromatic carbocycles. The van der Waals surface area contributed by atoms with Gasteiger partial charge in [-0.3, -0.25) is 4.90 Å². The number of aryl methyl sites for hydroxylation is 1. The van der Waals surface area contributed by atoms with Crippen LogP contribution in [0.2, 0.25) is 0 Å². The van der Waals surface area contributed by atoms with Crippen LogP contribution < -0.4 is 0 Å². The third-order valence-electron chi connectivity index (χ3n) is 3.17. The minimum absolute atomic E-state index is 0.347. The largest absolute Gasteiger partial charge is 0.376 e. The lowest BCUT2D eigenvalue weighted by Crippen LogP contribution is -2.46. The van der Waals surface area contributed by atoms with Crippen LogP contribution in [-0.2, 0) is 17.7 Å². The average Bonchev–Trinajstić information content (AvgIpc) is 2.72. The second-order valence-corrected chi connectivity index (χ2v) is 5.85. The standard InChI is InChI=1S/C13H22N2OS/c1-4-5-13-14-12(9-17-13)7-15-6-11(3)16-8-10(15)2/h9-11H,4-8H2,1-3H3/t10-,11+/m0/s1. The summed E-state index contributed by atoms with van der Waals surface area (Å²) in [6.07, 6.45) is 2.64. The Labute approximate surface area is 108 Å². The summed E-state index contributed by atoms with van der Waals surface area (Å²) in [4.78, 5) is 7.16. The summed E-state index contributed by atoms with van der Waals surface area (Å²) in [6, 6.07) is 0.502. The van der Waals surface area contributed by atoms with Gasteiger partial charge in [-0.2, -0.15) is 0 Å². The lowest BCUT2D eigenvalue weighted by atomic mass is 10.2. The van der Waals surface area contributed by atoms with Crippen LogP contribution >= 0.6 is 11.3 Å². The van der Waals surface area contributed by atoms with Gasteiger partial charge < -0.3 is 4.74 Å². The summed E-state index contributed by atoms with van der Waals surface area (Å²) < 4.78 is 5.64. The summed E-state index contributed by atoms with van der Waals surface area (Å²) >= 11 is 1.80. The van der Waals surface area contributed by atoms with Crippen LogP contribution in [-0.4, -0.2) is 35.2 Å². The number of morpholine rings is 1. The fourth-order valence-corrected chi connectivity index (χ4v) is 3.04. The highest BCUT2D eigenvalue weighted by Crippen LogP contribution is 2.17. The van der Waals surface area contributed by atoms with Gasteiger partial charge in [-0.1, -0.05) is 6.92 Å². The van der Waals surface area contributed by atoms with E-state index in [2.05, 4.69) is 36.0 Å². The molecule has 1 aliphatic rings. The van der Waals surface area contributed by atoms with Crippen molar-refractivity contribution in [2.75, 3.05) is 13.2 Å². The molecule has 1 aromatic heterocycles. The molecule has 4 heteroatoms. The third kappa shape index (κ3) is 3.50. The molecule has 0 bridgehead atoms. The molecule has 2 atom stereocenters. The monoisotopic (exact) mass is 254 g/mol. The van der Waals surface area contributed by atoms with Gasteiger partial charge in [-0.05, 0) is 26.7 Å². The molecule has 2 rings (SSSR count). The molecule has 1 aromatic rings. The summed E-state index contributed by atoms with van der Waals surface area (Å²) in [5.41, 5.74) is 1.22. The van der Waals surface area contributed by atoms with Crippen molar-refractivity contribution < 1.29 is 4.74 Å². The summed E-state index contributed by atoms with van der Waals surface area (Å²) in [7, 11) is 0. The van der Waals surface area contributed by atoms with E-state index in [0.29, 0.717) is 12.1 Å². The van der Waals surface area contributed by atoms with E-state index in [9.17, 15) is 0 Å². The average molecular weight is 254 g/mol. The van der Waals surface area contributed by atoms with Crippen molar-refractivity contribution in [2.45, 2.75) is 52.3 Å². The van der Waals surface area contributed by atoms with Crippen molar-refractivity contribution in [1.29, 1.82) is 0 Å². The predicted octanol–water partition coefficient (Wildman–Crippen LogP) is 2.70. The van der Waals surface area contributed by atoms with Gasteiger partial charge in [0.1, 0.15) is 0 Å². The Bertz CT molecular complexity index is 353. The number of thiazole rings is 1. The quantitative estimate of drug-likeness (QED) is 0.826. The number of ether oxygens (including phenoxy) is 1. The van der Waals surface area contributed by atoms with Gasteiger partial charge >= 0.3 is 0 Å². The Morgan fingerprint density at radius 2 is 2.35 bits per heavy atom. The molecule has 1 aliphatic heterocycles. The second kappa shape index (κ2) is 5.94. The van der Waals surface area contributed by atoms with Gasteiger partial charge in [-0.15, -0.1) is 11.3 Å². The Hall–Kier alpha value is -0.450. The maximum absolute atomic E-state index is 5.64. The summed E-state index contributed by atoms with van der Waals surface area (Å²) in [5, 5.41) is 3.48. The molecule has 3 nitrogen and oxygen atoms in total. The lowest BCUT2D eigenvalue weighted by Gasteiger charge is -2.36. The molecule has 1 fully saturated rings. The highest BCUT2D eigenvalue weighted by molar-refractivity contribution is 7.09. The first kappa shape index (κ1) is 13.0. The van der Waals surface area contributed by atoms with E-state index in [1.54, 1.807) is 11.3 Å². The minimum Gasteiger partial charge on any atom is -0.376 e. The molecular weight excluding hydrogens is 232 g/mol. The number of rotatable bonds is 4. The van der Waals surface area contributed by atoms with E-state index in [0.717, 1.165) is 26.1 Å². The molecule has 2 heterocycles. The second-order valence-electron chi connectivity index (χ2n) is 4.90. The Morgan fingerprint density at radius 3 is 3.12 bits per heavy atom. The fraction of sp³-hybridized carbons (Fsp3) is 0.769. The molecule has 17 heavy (non-hydrogen) atoms. The molecule has 1 saturated heterocycles. The molecule has 0 aliphatic carbocycles. The van der Waals surface area contributed by atoms with Gasteiger partial charge in [0.25, 0.3) is 0 Å². The minimum atomic E-state index is 0.347. The molecule has 0 saturated carbocycles. The van der Waals surface area contributed by atoms with Crippen LogP contribution in [0, 0.1) is 0 Å². The Kier molecular flexibility index (Phi) is 4.54. The van der Waals surface area contributed by atoms with Crippen molar-refractivity contribution >= 4 is 11.3 Å². The zero-order valence-electron chi connectivity index (χ0n) is 11.0. The first-order chi connectivity index (χ1) is 8.19. The number of hydrogen-bond donors (Lipinski definition) is 0. The smallest absolute Gasteiger partial charge is 0.0928 e. The number of aromatic nitrogens is 1. The van der Waals surface area contributed by atoms with Crippen LogP contribution in [0.5, 0.6) is 0 Å². The maximum atomic E-state index is 5.64. The Balaban J connectivity index is 1.94. The lowest BCUT2D eigenvalue weighted by molar-refractivity contribution is -0.0530. The van der Waals surface area contributed by atoms with Gasteiger partial charge in [0.15, 0.2) is 0 Å². The molecule has 0 unspecified atom stereocenters. The van der Waals surface area contributed by atoms with E-state index >= 15 is 0 Å². The fourth-order valence-electron chi connectivity index (χ4n) is 2.15. The van der Waals surface area contributed by atoms with Gasteiger partial charge in [0, 0.05) is 24.5 Å². The third-order valence-corrected chi connectivity index (χ3v) is 4.12. The number of nitrogens with zero attached hydrogens (tertiary/aromatic N) is 2.